The Hall–Kier alpha value is -3.39. The van der Waals surface area contributed by atoms with Crippen LogP contribution in [-0.4, -0.2) is 42.9 Å². The Morgan fingerprint density at radius 2 is 2.03 bits per heavy atom. The fourth-order valence-electron chi connectivity index (χ4n) is 3.75. The van der Waals surface area contributed by atoms with Crippen LogP contribution >= 0.6 is 0 Å². The maximum atomic E-state index is 6.07. The van der Waals surface area contributed by atoms with Crippen molar-refractivity contribution in [2.24, 2.45) is 14.1 Å². The number of aryl methyl sites for hydroxylation is 2. The fraction of sp³-hybridized carbons (Fsp3) is 0.286. The fourth-order valence-corrected chi connectivity index (χ4v) is 3.75. The van der Waals surface area contributed by atoms with Crippen LogP contribution in [0, 0.1) is 6.92 Å². The van der Waals surface area contributed by atoms with Crippen molar-refractivity contribution in [3.63, 3.8) is 0 Å². The Morgan fingerprint density at radius 1 is 1.14 bits per heavy atom. The number of rotatable bonds is 0. The van der Waals surface area contributed by atoms with Gasteiger partial charge in [0.25, 0.3) is 0 Å². The van der Waals surface area contributed by atoms with E-state index in [1.807, 2.05) is 31.0 Å². The number of hydrogen-bond acceptors (Lipinski definition) is 5. The molecule has 0 saturated heterocycles. The summed E-state index contributed by atoms with van der Waals surface area (Å²) in [5.74, 6) is 0.760. The second-order valence-corrected chi connectivity index (χ2v) is 7.28. The third-order valence-corrected chi connectivity index (χ3v) is 5.46. The molecule has 8 heteroatoms. The Balaban J connectivity index is 1.67. The molecule has 0 atom stereocenters. The van der Waals surface area contributed by atoms with Gasteiger partial charge in [-0.25, -0.2) is 4.68 Å². The van der Waals surface area contributed by atoms with E-state index in [2.05, 4.69) is 56.9 Å². The van der Waals surface area contributed by atoms with Crippen molar-refractivity contribution in [2.75, 3.05) is 13.2 Å². The number of aromatic nitrogens is 6. The number of aromatic amines is 1. The molecule has 0 unspecified atom stereocenters. The van der Waals surface area contributed by atoms with E-state index >= 15 is 0 Å². The van der Waals surface area contributed by atoms with Crippen LogP contribution in [0.25, 0.3) is 34.2 Å². The quantitative estimate of drug-likeness (QED) is 0.483. The summed E-state index contributed by atoms with van der Waals surface area (Å²) in [6, 6.07) is 6.22. The van der Waals surface area contributed by atoms with E-state index in [1.165, 1.54) is 0 Å². The molecule has 2 bridgehead atoms. The van der Waals surface area contributed by atoms with E-state index in [1.54, 1.807) is 4.68 Å². The van der Waals surface area contributed by atoms with Crippen LogP contribution in [0.15, 0.2) is 24.4 Å². The molecule has 4 aromatic rings. The minimum Gasteiger partial charge on any atom is -0.476 e. The molecule has 0 radical (unpaired) electrons. The van der Waals surface area contributed by atoms with Crippen LogP contribution in [0.3, 0.4) is 0 Å². The van der Waals surface area contributed by atoms with Crippen LogP contribution in [0.5, 0.6) is 5.88 Å². The topological polar surface area (TPSA) is 85.6 Å². The monoisotopic (exact) mass is 389 g/mol. The van der Waals surface area contributed by atoms with Gasteiger partial charge in [-0.1, -0.05) is 6.07 Å². The molecule has 1 aliphatic rings. The van der Waals surface area contributed by atoms with E-state index in [0.717, 1.165) is 50.6 Å². The zero-order valence-electron chi connectivity index (χ0n) is 16.7. The number of ether oxygens (including phenoxy) is 1. The summed E-state index contributed by atoms with van der Waals surface area (Å²) in [5.41, 5.74) is 7.18. The number of nitrogens with one attached hydrogen (secondary N) is 2. The molecule has 5 rings (SSSR count). The first-order valence-electron chi connectivity index (χ1n) is 9.66. The first-order valence-corrected chi connectivity index (χ1v) is 9.66. The molecule has 148 valence electrons. The number of hydrogen-bond donors (Lipinski definition) is 2. The summed E-state index contributed by atoms with van der Waals surface area (Å²) < 4.78 is 9.76. The molecule has 0 amide bonds. The first-order chi connectivity index (χ1) is 14.1. The molecule has 3 aromatic heterocycles. The summed E-state index contributed by atoms with van der Waals surface area (Å²) in [4.78, 5) is 0. The Bertz CT molecular complexity index is 1230. The van der Waals surface area contributed by atoms with E-state index in [4.69, 9.17) is 4.74 Å². The summed E-state index contributed by atoms with van der Waals surface area (Å²) in [6.45, 7) is 4.02. The second kappa shape index (κ2) is 6.89. The first kappa shape index (κ1) is 17.7. The van der Waals surface area contributed by atoms with E-state index in [0.29, 0.717) is 19.7 Å². The lowest BCUT2D eigenvalue weighted by Crippen LogP contribution is -2.22. The number of benzene rings is 1. The number of H-pyrrole nitrogens is 1. The van der Waals surface area contributed by atoms with E-state index in [-0.39, 0.29) is 0 Å². The van der Waals surface area contributed by atoms with Gasteiger partial charge >= 0.3 is 0 Å². The molecular weight excluding hydrogens is 366 g/mol. The zero-order chi connectivity index (χ0) is 20.0. The zero-order valence-corrected chi connectivity index (χ0v) is 16.7. The van der Waals surface area contributed by atoms with Crippen molar-refractivity contribution in [3.8, 4) is 17.0 Å². The maximum absolute atomic E-state index is 6.07. The average molecular weight is 389 g/mol. The normalized spacial score (nSPS) is 15.4. The SMILES string of the molecule is Cc1c2c(nn1C)CNCCOc1c(cnn1C)-c1ccc3n[nH]c(c3c1)/C=C/2. The molecule has 29 heavy (non-hydrogen) atoms. The largest absolute Gasteiger partial charge is 0.476 e. The van der Waals surface area contributed by atoms with Gasteiger partial charge in [0, 0.05) is 43.8 Å². The predicted molar refractivity (Wildman–Crippen MR) is 112 cm³/mol. The van der Waals surface area contributed by atoms with E-state index in [9.17, 15) is 0 Å². The highest BCUT2D eigenvalue weighted by Crippen LogP contribution is 2.32. The minimum atomic E-state index is 0.544. The van der Waals surface area contributed by atoms with Gasteiger partial charge in [-0.3, -0.25) is 9.78 Å². The van der Waals surface area contributed by atoms with Gasteiger partial charge in [0.1, 0.15) is 6.61 Å². The minimum absolute atomic E-state index is 0.544. The Kier molecular flexibility index (Phi) is 4.21. The predicted octanol–water partition coefficient (Wildman–Crippen LogP) is 2.66. The van der Waals surface area contributed by atoms with Gasteiger partial charge in [-0.15, -0.1) is 0 Å². The van der Waals surface area contributed by atoms with Crippen LogP contribution < -0.4 is 10.1 Å². The third-order valence-electron chi connectivity index (χ3n) is 5.46. The summed E-state index contributed by atoms with van der Waals surface area (Å²) in [7, 11) is 3.87. The van der Waals surface area contributed by atoms with Crippen LogP contribution in [0.4, 0.5) is 0 Å². The molecule has 8 nitrogen and oxygen atoms in total. The van der Waals surface area contributed by atoms with Crippen molar-refractivity contribution in [3.05, 3.63) is 47.0 Å². The van der Waals surface area contributed by atoms with Gasteiger partial charge in [0.05, 0.1) is 28.7 Å². The molecule has 0 fully saturated rings. The third kappa shape index (κ3) is 3.01. The Labute approximate surface area is 168 Å². The molecule has 0 spiro atoms. The highest BCUT2D eigenvalue weighted by molar-refractivity contribution is 5.93. The molecule has 4 heterocycles. The molecule has 1 aromatic carbocycles. The van der Waals surface area contributed by atoms with Gasteiger partial charge in [0.2, 0.25) is 5.88 Å². The molecule has 0 aliphatic carbocycles. The maximum Gasteiger partial charge on any atom is 0.219 e. The lowest BCUT2D eigenvalue weighted by atomic mass is 10.0. The molecule has 1 aliphatic heterocycles. The van der Waals surface area contributed by atoms with Crippen LogP contribution in [-0.2, 0) is 20.6 Å². The van der Waals surface area contributed by atoms with Crippen molar-refractivity contribution in [2.45, 2.75) is 13.5 Å². The van der Waals surface area contributed by atoms with Crippen molar-refractivity contribution in [1.29, 1.82) is 0 Å². The highest BCUT2D eigenvalue weighted by atomic mass is 16.5. The Morgan fingerprint density at radius 3 is 2.93 bits per heavy atom. The van der Waals surface area contributed by atoms with E-state index < -0.39 is 0 Å². The smallest absolute Gasteiger partial charge is 0.219 e. The summed E-state index contributed by atoms with van der Waals surface area (Å²) >= 11 is 0. The van der Waals surface area contributed by atoms with Gasteiger partial charge in [-0.05, 0) is 36.8 Å². The van der Waals surface area contributed by atoms with Crippen molar-refractivity contribution in [1.82, 2.24) is 35.1 Å². The van der Waals surface area contributed by atoms with Crippen molar-refractivity contribution < 1.29 is 4.74 Å². The number of nitrogens with zero attached hydrogens (tertiary/aromatic N) is 5. The van der Waals surface area contributed by atoms with Crippen LogP contribution in [0.1, 0.15) is 22.6 Å². The van der Waals surface area contributed by atoms with Gasteiger partial charge in [0.15, 0.2) is 0 Å². The summed E-state index contributed by atoms with van der Waals surface area (Å²) in [6.07, 6.45) is 6.04. The van der Waals surface area contributed by atoms with Crippen LogP contribution in [0.2, 0.25) is 0 Å². The molecular formula is C21H23N7O. The molecule has 2 N–H and O–H groups in total. The lowest BCUT2D eigenvalue weighted by molar-refractivity contribution is 0.288. The summed E-state index contributed by atoms with van der Waals surface area (Å²) in [5, 5.41) is 21.2. The second-order valence-electron chi connectivity index (χ2n) is 7.28. The van der Waals surface area contributed by atoms with Gasteiger partial charge < -0.3 is 10.1 Å². The van der Waals surface area contributed by atoms with Crippen molar-refractivity contribution >= 4 is 23.1 Å². The standard InChI is InChI=1S/C21H23N7O/c1-13-15-5-7-19-16-10-14(4-6-18(16)24-25-19)17-11-23-28(3)21(17)29-9-8-22-12-20(15)26-27(13)2/h4-7,10-11,22H,8-9,12H2,1-3H3,(H,24,25)/b7-5+. The average Bonchev–Trinajstić information content (AvgIpc) is 3.36. The lowest BCUT2D eigenvalue weighted by Gasteiger charge is -2.10. The van der Waals surface area contributed by atoms with Gasteiger partial charge in [-0.2, -0.15) is 15.3 Å². The molecule has 0 saturated carbocycles. The number of fused-ring (bicyclic) bond motifs is 4. The highest BCUT2D eigenvalue weighted by Gasteiger charge is 2.15.